The molecule has 0 aliphatic carbocycles. The number of nitrogens with zero attached hydrogens (tertiary/aromatic N) is 2. The van der Waals surface area contributed by atoms with Crippen LogP contribution >= 0.6 is 11.6 Å². The number of halogens is 1. The summed E-state index contributed by atoms with van der Waals surface area (Å²) in [4.78, 5) is 7.72. The van der Waals surface area contributed by atoms with Gasteiger partial charge in [-0.1, -0.05) is 31.5 Å². The van der Waals surface area contributed by atoms with Crippen LogP contribution < -0.4 is 5.73 Å². The third-order valence-electron chi connectivity index (χ3n) is 1.95. The highest BCUT2D eigenvalue weighted by Gasteiger charge is 2.03. The molecule has 4 nitrogen and oxygen atoms in total. The number of aromatic nitrogens is 2. The van der Waals surface area contributed by atoms with Crippen LogP contribution in [0.15, 0.2) is 30.6 Å². The van der Waals surface area contributed by atoms with Gasteiger partial charge in [0.05, 0.1) is 5.02 Å². The first-order valence-electron chi connectivity index (χ1n) is 5.23. The van der Waals surface area contributed by atoms with Crippen molar-refractivity contribution in [2.24, 2.45) is 0 Å². The molecule has 1 aromatic carbocycles. The number of nitrogens with two attached hydrogens (primary N) is 1. The summed E-state index contributed by atoms with van der Waals surface area (Å²) in [5.41, 5.74) is 6.93. The zero-order chi connectivity index (χ0) is 12.8. The predicted octanol–water partition coefficient (Wildman–Crippen LogP) is 3.11. The molecule has 0 bridgehead atoms. The molecule has 17 heavy (non-hydrogen) atoms. The molecule has 0 saturated heterocycles. The molecule has 0 fully saturated rings. The van der Waals surface area contributed by atoms with Crippen LogP contribution in [0, 0.1) is 0 Å². The van der Waals surface area contributed by atoms with E-state index in [1.807, 2.05) is 13.8 Å². The molecule has 0 spiro atoms. The van der Waals surface area contributed by atoms with Crippen molar-refractivity contribution in [3.8, 4) is 16.9 Å². The van der Waals surface area contributed by atoms with Gasteiger partial charge in [0.1, 0.15) is 5.75 Å². The van der Waals surface area contributed by atoms with Gasteiger partial charge in [-0.25, -0.2) is 9.97 Å². The highest BCUT2D eigenvalue weighted by Crippen LogP contribution is 2.28. The second-order valence-corrected chi connectivity index (χ2v) is 3.40. The van der Waals surface area contributed by atoms with E-state index in [4.69, 9.17) is 17.3 Å². The Morgan fingerprint density at radius 1 is 1.12 bits per heavy atom. The number of nitrogen functional groups attached to an aromatic ring is 1. The summed E-state index contributed by atoms with van der Waals surface area (Å²) in [7, 11) is 0. The lowest BCUT2D eigenvalue weighted by molar-refractivity contribution is 0.476. The Hall–Kier alpha value is -1.81. The lowest BCUT2D eigenvalue weighted by Crippen LogP contribution is -1.93. The Kier molecular flexibility index (Phi) is 4.72. The van der Waals surface area contributed by atoms with Gasteiger partial charge < -0.3 is 10.8 Å². The Bertz CT molecular complexity index is 486. The van der Waals surface area contributed by atoms with Gasteiger partial charge in [-0.3, -0.25) is 0 Å². The van der Waals surface area contributed by atoms with Crippen molar-refractivity contribution in [2.45, 2.75) is 13.8 Å². The lowest BCUT2D eigenvalue weighted by atomic mass is 10.1. The van der Waals surface area contributed by atoms with Crippen LogP contribution in [0.5, 0.6) is 5.75 Å². The summed E-state index contributed by atoms with van der Waals surface area (Å²) in [5, 5.41) is 9.73. The summed E-state index contributed by atoms with van der Waals surface area (Å²) < 4.78 is 0. The first-order valence-corrected chi connectivity index (χ1v) is 5.61. The topological polar surface area (TPSA) is 72.0 Å². The van der Waals surface area contributed by atoms with Gasteiger partial charge in [-0.05, 0) is 17.7 Å². The van der Waals surface area contributed by atoms with Crippen molar-refractivity contribution >= 4 is 17.5 Å². The van der Waals surface area contributed by atoms with Gasteiger partial charge >= 0.3 is 0 Å². The lowest BCUT2D eigenvalue weighted by Gasteiger charge is -2.02. The van der Waals surface area contributed by atoms with Crippen molar-refractivity contribution in [3.63, 3.8) is 0 Å². The minimum atomic E-state index is 0.0333. The molecule has 0 unspecified atom stereocenters. The monoisotopic (exact) mass is 251 g/mol. The zero-order valence-corrected chi connectivity index (χ0v) is 10.4. The Labute approximate surface area is 105 Å². The Morgan fingerprint density at radius 3 is 2.24 bits per heavy atom. The minimum Gasteiger partial charge on any atom is -0.506 e. The molecule has 5 heteroatoms. The maximum absolute atomic E-state index is 9.42. The van der Waals surface area contributed by atoms with Crippen LogP contribution in [0.1, 0.15) is 13.8 Å². The number of anilines is 1. The largest absolute Gasteiger partial charge is 0.506 e. The molecule has 2 aromatic rings. The predicted molar refractivity (Wildman–Crippen MR) is 69.9 cm³/mol. The maximum atomic E-state index is 9.42. The van der Waals surface area contributed by atoms with E-state index in [1.54, 1.807) is 30.6 Å². The molecule has 0 amide bonds. The zero-order valence-electron chi connectivity index (χ0n) is 9.68. The molecule has 0 aliphatic heterocycles. The number of rotatable bonds is 1. The van der Waals surface area contributed by atoms with E-state index < -0.39 is 0 Å². The second kappa shape index (κ2) is 6.06. The maximum Gasteiger partial charge on any atom is 0.219 e. The molecule has 1 heterocycles. The standard InChI is InChI=1S/C10H8ClN3O.C2H6/c11-8-2-1-6(3-9(8)15)7-4-13-10(12)14-5-7;1-2/h1-5,15H,(H2,12,13,14);1-2H3. The van der Waals surface area contributed by atoms with Crippen molar-refractivity contribution in [2.75, 3.05) is 5.73 Å². The van der Waals surface area contributed by atoms with Crippen LogP contribution in [0.3, 0.4) is 0 Å². The smallest absolute Gasteiger partial charge is 0.219 e. The average molecular weight is 252 g/mol. The first kappa shape index (κ1) is 13.3. The average Bonchev–Trinajstić information content (AvgIpc) is 2.36. The van der Waals surface area contributed by atoms with Crippen LogP contribution in [0.2, 0.25) is 5.02 Å². The normalized spacial score (nSPS) is 9.35. The van der Waals surface area contributed by atoms with Gasteiger partial charge in [0.15, 0.2) is 0 Å². The van der Waals surface area contributed by atoms with Gasteiger partial charge in [0.25, 0.3) is 0 Å². The van der Waals surface area contributed by atoms with E-state index >= 15 is 0 Å². The number of aromatic hydroxyl groups is 1. The van der Waals surface area contributed by atoms with Crippen LogP contribution in [-0.4, -0.2) is 15.1 Å². The number of benzene rings is 1. The number of phenolic OH excluding ortho intramolecular Hbond substituents is 1. The summed E-state index contributed by atoms with van der Waals surface area (Å²) in [6, 6.07) is 4.94. The van der Waals surface area contributed by atoms with Crippen molar-refractivity contribution in [1.29, 1.82) is 0 Å². The number of hydrogen-bond donors (Lipinski definition) is 2. The number of hydrogen-bond acceptors (Lipinski definition) is 4. The highest BCUT2D eigenvalue weighted by molar-refractivity contribution is 6.32. The van der Waals surface area contributed by atoms with Gasteiger partial charge in [-0.15, -0.1) is 0 Å². The fraction of sp³-hybridized carbons (Fsp3) is 0.167. The third kappa shape index (κ3) is 3.32. The molecule has 0 atom stereocenters. The molecular weight excluding hydrogens is 238 g/mol. The third-order valence-corrected chi connectivity index (χ3v) is 2.27. The molecule has 0 saturated carbocycles. The van der Waals surface area contributed by atoms with E-state index in [0.717, 1.165) is 11.1 Å². The molecule has 3 N–H and O–H groups in total. The number of phenols is 1. The summed E-state index contributed by atoms with van der Waals surface area (Å²) in [6.45, 7) is 4.00. The second-order valence-electron chi connectivity index (χ2n) is 3.00. The van der Waals surface area contributed by atoms with E-state index in [9.17, 15) is 5.11 Å². The molecule has 1 aromatic heterocycles. The van der Waals surface area contributed by atoms with Crippen LogP contribution in [0.25, 0.3) is 11.1 Å². The molecule has 0 radical (unpaired) electrons. The highest BCUT2D eigenvalue weighted by atomic mass is 35.5. The summed E-state index contributed by atoms with van der Waals surface area (Å²) >= 11 is 5.69. The van der Waals surface area contributed by atoms with E-state index in [0.29, 0.717) is 5.02 Å². The van der Waals surface area contributed by atoms with Gasteiger partial charge in [0.2, 0.25) is 5.95 Å². The minimum absolute atomic E-state index is 0.0333. The van der Waals surface area contributed by atoms with Gasteiger partial charge in [0, 0.05) is 18.0 Å². The SMILES string of the molecule is CC.Nc1ncc(-c2ccc(Cl)c(O)c2)cn1. The molecule has 0 aliphatic rings. The van der Waals surface area contributed by atoms with Crippen LogP contribution in [-0.2, 0) is 0 Å². The van der Waals surface area contributed by atoms with Crippen molar-refractivity contribution < 1.29 is 5.11 Å². The van der Waals surface area contributed by atoms with Crippen LogP contribution in [0.4, 0.5) is 5.95 Å². The molecular formula is C12H14ClN3O. The summed E-state index contributed by atoms with van der Waals surface area (Å²) in [6.07, 6.45) is 3.18. The fourth-order valence-corrected chi connectivity index (χ4v) is 1.30. The quantitative estimate of drug-likeness (QED) is 0.817. The van der Waals surface area contributed by atoms with Gasteiger partial charge in [-0.2, -0.15) is 0 Å². The van der Waals surface area contributed by atoms with E-state index in [2.05, 4.69) is 9.97 Å². The fourth-order valence-electron chi connectivity index (χ4n) is 1.18. The van der Waals surface area contributed by atoms with Crippen molar-refractivity contribution in [1.82, 2.24) is 9.97 Å². The van der Waals surface area contributed by atoms with E-state index in [-0.39, 0.29) is 11.7 Å². The van der Waals surface area contributed by atoms with E-state index in [1.165, 1.54) is 0 Å². The first-order chi connectivity index (χ1) is 8.16. The van der Waals surface area contributed by atoms with Crippen molar-refractivity contribution in [3.05, 3.63) is 35.6 Å². The molecule has 90 valence electrons. The summed E-state index contributed by atoms with van der Waals surface area (Å²) in [5.74, 6) is 0.253. The Morgan fingerprint density at radius 2 is 1.71 bits per heavy atom. The molecule has 2 rings (SSSR count). The Balaban J connectivity index is 0.000000686.